The van der Waals surface area contributed by atoms with Crippen molar-refractivity contribution in [1.82, 2.24) is 15.0 Å². The maximum atomic E-state index is 11.4. The van der Waals surface area contributed by atoms with E-state index in [-0.39, 0.29) is 53.0 Å². The van der Waals surface area contributed by atoms with Crippen LogP contribution in [0.25, 0.3) is 0 Å². The molecule has 2 aromatic carbocycles. The molecule has 30 heavy (non-hydrogen) atoms. The minimum atomic E-state index is -4.34. The Labute approximate surface area is 196 Å². The van der Waals surface area contributed by atoms with E-state index < -0.39 is 10.1 Å². The first kappa shape index (κ1) is 24.0. The average Bonchev–Trinajstić information content (AvgIpc) is 2.68. The predicted molar refractivity (Wildman–Crippen MR) is 117 cm³/mol. The van der Waals surface area contributed by atoms with Crippen LogP contribution < -0.4 is 15.5 Å². The fraction of sp³-hybridized carbons (Fsp3) is 0.167. The molecular formula is C18H21N6NaO4S. The Kier molecular flexibility index (Phi) is 8.53. The monoisotopic (exact) mass is 440 g/mol. The van der Waals surface area contributed by atoms with E-state index in [9.17, 15) is 18.1 Å². The van der Waals surface area contributed by atoms with Crippen molar-refractivity contribution in [2.24, 2.45) is 0 Å². The normalized spacial score (nSPS) is 10.8. The molecule has 0 spiro atoms. The van der Waals surface area contributed by atoms with Gasteiger partial charge in [-0.15, -0.1) is 0 Å². The van der Waals surface area contributed by atoms with Gasteiger partial charge in [0.2, 0.25) is 17.8 Å². The number of nitrogens with zero attached hydrogens (tertiary/aromatic N) is 4. The summed E-state index contributed by atoms with van der Waals surface area (Å²) in [5.74, 6) is 0.728. The summed E-state index contributed by atoms with van der Waals surface area (Å²) in [6.45, 7) is 0.231. The summed E-state index contributed by atoms with van der Waals surface area (Å²) >= 11 is 0. The van der Waals surface area contributed by atoms with Gasteiger partial charge in [-0.3, -0.25) is 4.55 Å². The summed E-state index contributed by atoms with van der Waals surface area (Å²) < 4.78 is 31.9. The first-order chi connectivity index (χ1) is 13.8. The van der Waals surface area contributed by atoms with Gasteiger partial charge in [-0.05, 0) is 30.3 Å². The molecule has 0 aliphatic heterocycles. The van der Waals surface area contributed by atoms with Crippen molar-refractivity contribution < 1.29 is 18.1 Å². The third-order valence-corrected chi connectivity index (χ3v) is 4.67. The van der Waals surface area contributed by atoms with Crippen LogP contribution in [-0.4, -0.2) is 82.8 Å². The zero-order chi connectivity index (χ0) is 20.9. The molecule has 0 bridgehead atoms. The van der Waals surface area contributed by atoms with Gasteiger partial charge in [0, 0.05) is 25.0 Å². The standard InChI is InChI=1S/C18H20N6O4S.Na.H/c1-24(10-11-25)18-22-16(19-13-6-3-2-4-7-13)21-17(23-18)20-14-8-5-9-15(12-14)29(26,27)28;;/h2-9,12,25H,10-11H2,1H3,(H,26,27,28)(H2,19,20,21,22,23);;. The molecule has 0 radical (unpaired) electrons. The zero-order valence-corrected chi connectivity index (χ0v) is 16.3. The quantitative estimate of drug-likeness (QED) is 0.300. The van der Waals surface area contributed by atoms with Gasteiger partial charge < -0.3 is 20.6 Å². The van der Waals surface area contributed by atoms with Gasteiger partial charge in [-0.1, -0.05) is 24.3 Å². The van der Waals surface area contributed by atoms with E-state index in [4.69, 9.17) is 0 Å². The van der Waals surface area contributed by atoms with Gasteiger partial charge in [-0.25, -0.2) is 0 Å². The van der Waals surface area contributed by atoms with E-state index in [1.807, 2.05) is 30.3 Å². The van der Waals surface area contributed by atoms with Crippen molar-refractivity contribution in [3.8, 4) is 0 Å². The first-order valence-corrected chi connectivity index (χ1v) is 10.0. The summed E-state index contributed by atoms with van der Waals surface area (Å²) in [7, 11) is -2.61. The molecular weight excluding hydrogens is 419 g/mol. The molecule has 1 aromatic heterocycles. The Hall–Kier alpha value is -2.28. The Morgan fingerprint density at radius 3 is 2.13 bits per heavy atom. The number of aliphatic hydroxyl groups excluding tert-OH is 1. The maximum absolute atomic E-state index is 11.4. The Morgan fingerprint density at radius 1 is 0.933 bits per heavy atom. The van der Waals surface area contributed by atoms with Crippen LogP contribution in [0.3, 0.4) is 0 Å². The van der Waals surface area contributed by atoms with Crippen LogP contribution in [0.4, 0.5) is 29.2 Å². The van der Waals surface area contributed by atoms with Gasteiger partial charge in [-0.2, -0.15) is 23.4 Å². The van der Waals surface area contributed by atoms with E-state index in [0.29, 0.717) is 18.2 Å². The number of aliphatic hydroxyl groups is 1. The molecule has 3 rings (SSSR count). The van der Waals surface area contributed by atoms with Crippen molar-refractivity contribution in [1.29, 1.82) is 0 Å². The molecule has 1 heterocycles. The van der Waals surface area contributed by atoms with Crippen molar-refractivity contribution in [3.05, 3.63) is 54.6 Å². The van der Waals surface area contributed by atoms with Crippen molar-refractivity contribution in [2.75, 3.05) is 35.7 Å². The molecule has 0 atom stereocenters. The summed E-state index contributed by atoms with van der Waals surface area (Å²) in [4.78, 5) is 14.4. The molecule has 0 aliphatic carbocycles. The number of nitrogens with one attached hydrogen (secondary N) is 2. The van der Waals surface area contributed by atoms with Crippen molar-refractivity contribution >= 4 is 68.9 Å². The van der Waals surface area contributed by atoms with Gasteiger partial charge in [0.15, 0.2) is 0 Å². The zero-order valence-electron chi connectivity index (χ0n) is 15.5. The van der Waals surface area contributed by atoms with Crippen LogP contribution in [-0.2, 0) is 10.1 Å². The first-order valence-electron chi connectivity index (χ1n) is 8.60. The number of likely N-dealkylation sites (N-methyl/N-ethyl adjacent to an activating group) is 1. The molecule has 0 aliphatic rings. The number of aromatic nitrogens is 3. The van der Waals surface area contributed by atoms with Crippen LogP contribution in [0, 0.1) is 0 Å². The second-order valence-corrected chi connectivity index (χ2v) is 7.47. The van der Waals surface area contributed by atoms with E-state index in [2.05, 4.69) is 25.6 Å². The van der Waals surface area contributed by atoms with Crippen LogP contribution in [0.2, 0.25) is 0 Å². The van der Waals surface area contributed by atoms with Crippen LogP contribution in [0.15, 0.2) is 59.5 Å². The number of anilines is 5. The summed E-state index contributed by atoms with van der Waals surface area (Å²) in [5, 5.41) is 15.2. The summed E-state index contributed by atoms with van der Waals surface area (Å²) in [6, 6.07) is 14.9. The number of hydrogen-bond donors (Lipinski definition) is 4. The molecule has 12 heteroatoms. The molecule has 10 nitrogen and oxygen atoms in total. The van der Waals surface area contributed by atoms with E-state index >= 15 is 0 Å². The van der Waals surface area contributed by atoms with E-state index in [1.54, 1.807) is 18.0 Å². The molecule has 154 valence electrons. The summed E-state index contributed by atoms with van der Waals surface area (Å²) in [5.41, 5.74) is 1.14. The van der Waals surface area contributed by atoms with Crippen LogP contribution >= 0.6 is 0 Å². The number of rotatable bonds is 8. The average molecular weight is 440 g/mol. The Morgan fingerprint density at radius 2 is 1.53 bits per heavy atom. The number of benzene rings is 2. The third-order valence-electron chi connectivity index (χ3n) is 3.82. The Bertz CT molecular complexity index is 1090. The molecule has 0 unspecified atom stereocenters. The number of para-hydroxylation sites is 1. The summed E-state index contributed by atoms with van der Waals surface area (Å²) in [6.07, 6.45) is 0. The molecule has 4 N–H and O–H groups in total. The van der Waals surface area contributed by atoms with Gasteiger partial charge in [0.05, 0.1) is 11.5 Å². The van der Waals surface area contributed by atoms with Crippen molar-refractivity contribution in [3.63, 3.8) is 0 Å². The molecule has 0 amide bonds. The van der Waals surface area contributed by atoms with Gasteiger partial charge >= 0.3 is 29.6 Å². The fourth-order valence-electron chi connectivity index (χ4n) is 2.41. The second-order valence-electron chi connectivity index (χ2n) is 6.05. The van der Waals surface area contributed by atoms with Gasteiger partial charge in [0.1, 0.15) is 0 Å². The SMILES string of the molecule is CN(CCO)c1nc(Nc2ccccc2)nc(Nc2cccc(S(=O)(=O)O)c2)n1.[NaH]. The van der Waals surface area contributed by atoms with Crippen LogP contribution in [0.1, 0.15) is 0 Å². The topological polar surface area (TPSA) is 141 Å². The van der Waals surface area contributed by atoms with Crippen LogP contribution in [0.5, 0.6) is 0 Å². The predicted octanol–water partition coefficient (Wildman–Crippen LogP) is 1.39. The van der Waals surface area contributed by atoms with Crippen molar-refractivity contribution in [2.45, 2.75) is 4.90 Å². The van der Waals surface area contributed by atoms with E-state index in [1.165, 1.54) is 18.2 Å². The second kappa shape index (κ2) is 10.7. The van der Waals surface area contributed by atoms with E-state index in [0.717, 1.165) is 5.69 Å². The third kappa shape index (κ3) is 6.62. The Balaban J connectivity index is 0.00000320. The molecule has 0 fully saturated rings. The molecule has 0 saturated heterocycles. The minimum absolute atomic E-state index is 0. The fourth-order valence-corrected chi connectivity index (χ4v) is 2.94. The molecule has 3 aromatic rings. The molecule has 0 saturated carbocycles. The number of hydrogen-bond acceptors (Lipinski definition) is 9. The van der Waals surface area contributed by atoms with Gasteiger partial charge in [0.25, 0.3) is 10.1 Å².